The molecule has 0 aromatic rings. The van der Waals surface area contributed by atoms with Crippen molar-refractivity contribution >= 4 is 0 Å². The number of hydrogen-bond acceptors (Lipinski definition) is 2. The van der Waals surface area contributed by atoms with Crippen molar-refractivity contribution in [2.75, 3.05) is 13.2 Å². The molecule has 4 nitrogen and oxygen atoms in total. The molecule has 0 aromatic carbocycles. The van der Waals surface area contributed by atoms with Crippen LogP contribution in [-0.4, -0.2) is 25.2 Å². The minimum atomic E-state index is -3.19. The van der Waals surface area contributed by atoms with E-state index in [-0.39, 0.29) is 6.61 Å². The van der Waals surface area contributed by atoms with Gasteiger partial charge in [0, 0.05) is 11.5 Å². The fourth-order valence-electron chi connectivity index (χ4n) is 0.933. The minimum Gasteiger partial charge on any atom is -0.368 e. The molecule has 0 unspecified atom stereocenters. The zero-order valence-electron chi connectivity index (χ0n) is 8.70. The van der Waals surface area contributed by atoms with E-state index < -0.39 is 18.6 Å². The van der Waals surface area contributed by atoms with Crippen LogP contribution < -0.4 is 0 Å². The lowest BCUT2D eigenvalue weighted by atomic mass is 10.2. The summed E-state index contributed by atoms with van der Waals surface area (Å²) in [5.41, 5.74) is 7.96. The number of nitrogens with zero attached hydrogens (tertiary/aromatic N) is 3. The summed E-state index contributed by atoms with van der Waals surface area (Å²) in [5.74, 6) is -3.19. The van der Waals surface area contributed by atoms with Crippen LogP contribution in [-0.2, 0) is 4.74 Å². The fourth-order valence-corrected chi connectivity index (χ4v) is 0.933. The predicted octanol–water partition coefficient (Wildman–Crippen LogP) is 3.30. The van der Waals surface area contributed by atoms with Gasteiger partial charge in [-0.15, -0.1) is 6.58 Å². The number of rotatable bonds is 8. The maximum absolute atomic E-state index is 13.2. The maximum atomic E-state index is 13.2. The van der Waals surface area contributed by atoms with Gasteiger partial charge < -0.3 is 4.74 Å². The number of halogens is 2. The summed E-state index contributed by atoms with van der Waals surface area (Å²) in [6.07, 6.45) is 1.21. The van der Waals surface area contributed by atoms with E-state index in [0.29, 0.717) is 6.42 Å². The largest absolute Gasteiger partial charge is 0.368 e. The standard InChI is InChI=1S/C9H15F2N3O/c1-3-5-6-15-8(4-2)9(10,11)7-13-14-12/h4,8H,2-3,5-7H2,1H3/t8-/m0/s1. The summed E-state index contributed by atoms with van der Waals surface area (Å²) in [6.45, 7) is 4.55. The van der Waals surface area contributed by atoms with Gasteiger partial charge in [0.1, 0.15) is 6.10 Å². The van der Waals surface area contributed by atoms with E-state index in [4.69, 9.17) is 10.3 Å². The van der Waals surface area contributed by atoms with Crippen LogP contribution in [0.4, 0.5) is 8.78 Å². The first-order valence-electron chi connectivity index (χ1n) is 4.71. The van der Waals surface area contributed by atoms with Crippen LogP contribution in [0.1, 0.15) is 19.8 Å². The number of hydrogen-bond donors (Lipinski definition) is 0. The summed E-state index contributed by atoms with van der Waals surface area (Å²) in [7, 11) is 0. The van der Waals surface area contributed by atoms with Crippen molar-refractivity contribution in [3.05, 3.63) is 23.1 Å². The van der Waals surface area contributed by atoms with Gasteiger partial charge in [0.05, 0.1) is 6.54 Å². The molecule has 0 rings (SSSR count). The lowest BCUT2D eigenvalue weighted by molar-refractivity contribution is -0.108. The van der Waals surface area contributed by atoms with Gasteiger partial charge in [-0.3, -0.25) is 0 Å². The Morgan fingerprint density at radius 3 is 2.80 bits per heavy atom. The lowest BCUT2D eigenvalue weighted by Gasteiger charge is -2.22. The van der Waals surface area contributed by atoms with Gasteiger partial charge in [-0.05, 0) is 12.0 Å². The molecule has 15 heavy (non-hydrogen) atoms. The number of azide groups is 1. The molecule has 0 bridgehead atoms. The van der Waals surface area contributed by atoms with Gasteiger partial charge in [-0.1, -0.05) is 24.5 Å². The van der Waals surface area contributed by atoms with Crippen LogP contribution in [0, 0.1) is 0 Å². The quantitative estimate of drug-likeness (QED) is 0.203. The Morgan fingerprint density at radius 1 is 1.67 bits per heavy atom. The van der Waals surface area contributed by atoms with Gasteiger partial charge in [0.15, 0.2) is 0 Å². The third-order valence-corrected chi connectivity index (χ3v) is 1.77. The summed E-state index contributed by atoms with van der Waals surface area (Å²) >= 11 is 0. The highest BCUT2D eigenvalue weighted by molar-refractivity contribution is 4.93. The zero-order chi connectivity index (χ0) is 11.7. The Morgan fingerprint density at radius 2 is 2.33 bits per heavy atom. The van der Waals surface area contributed by atoms with Gasteiger partial charge in [-0.2, -0.15) is 0 Å². The first-order chi connectivity index (χ1) is 7.08. The van der Waals surface area contributed by atoms with Crippen LogP contribution in [0.25, 0.3) is 10.4 Å². The molecule has 0 aliphatic heterocycles. The summed E-state index contributed by atoms with van der Waals surface area (Å²) < 4.78 is 31.4. The molecule has 0 aromatic heterocycles. The highest BCUT2D eigenvalue weighted by Gasteiger charge is 2.37. The molecule has 6 heteroatoms. The van der Waals surface area contributed by atoms with Crippen LogP contribution in [0.15, 0.2) is 17.8 Å². The molecule has 0 saturated heterocycles. The predicted molar refractivity (Wildman–Crippen MR) is 53.8 cm³/mol. The molecule has 0 N–H and O–H groups in total. The lowest BCUT2D eigenvalue weighted by Crippen LogP contribution is -2.37. The second-order valence-corrected chi connectivity index (χ2v) is 3.03. The topological polar surface area (TPSA) is 58.0 Å². The molecule has 0 aliphatic rings. The van der Waals surface area contributed by atoms with Crippen molar-refractivity contribution in [3.63, 3.8) is 0 Å². The summed E-state index contributed by atoms with van der Waals surface area (Å²) in [5, 5.41) is 2.84. The number of alkyl halides is 2. The average molecular weight is 219 g/mol. The third-order valence-electron chi connectivity index (χ3n) is 1.77. The van der Waals surface area contributed by atoms with Gasteiger partial charge in [0.25, 0.3) is 5.92 Å². The van der Waals surface area contributed by atoms with Gasteiger partial charge in [-0.25, -0.2) is 8.78 Å². The van der Waals surface area contributed by atoms with Crippen molar-refractivity contribution in [1.29, 1.82) is 0 Å². The average Bonchev–Trinajstić information content (AvgIpc) is 2.21. The van der Waals surface area contributed by atoms with E-state index in [9.17, 15) is 8.78 Å². The molecule has 0 spiro atoms. The Hall–Kier alpha value is -1.13. The molecule has 0 saturated carbocycles. The molecule has 0 amide bonds. The van der Waals surface area contributed by atoms with Crippen LogP contribution in [0.5, 0.6) is 0 Å². The fraction of sp³-hybridized carbons (Fsp3) is 0.778. The Bertz CT molecular complexity index is 240. The van der Waals surface area contributed by atoms with Crippen molar-refractivity contribution in [3.8, 4) is 0 Å². The van der Waals surface area contributed by atoms with E-state index in [1.807, 2.05) is 6.92 Å². The minimum absolute atomic E-state index is 0.249. The molecule has 0 radical (unpaired) electrons. The van der Waals surface area contributed by atoms with Crippen molar-refractivity contribution in [2.24, 2.45) is 5.11 Å². The molecule has 0 aliphatic carbocycles. The number of unbranched alkanes of at least 4 members (excludes halogenated alkanes) is 1. The molecular formula is C9H15F2N3O. The molecule has 86 valence electrons. The van der Waals surface area contributed by atoms with Crippen LogP contribution in [0.3, 0.4) is 0 Å². The Labute approximate surface area is 87.5 Å². The summed E-state index contributed by atoms with van der Waals surface area (Å²) in [6, 6.07) is 0. The third kappa shape index (κ3) is 5.34. The van der Waals surface area contributed by atoms with E-state index >= 15 is 0 Å². The van der Waals surface area contributed by atoms with E-state index in [1.54, 1.807) is 0 Å². The highest BCUT2D eigenvalue weighted by atomic mass is 19.3. The molecular weight excluding hydrogens is 204 g/mol. The van der Waals surface area contributed by atoms with E-state index in [0.717, 1.165) is 12.5 Å². The highest BCUT2D eigenvalue weighted by Crippen LogP contribution is 2.23. The molecule has 1 atom stereocenters. The second-order valence-electron chi connectivity index (χ2n) is 3.03. The monoisotopic (exact) mass is 219 g/mol. The number of ether oxygens (including phenoxy) is 1. The van der Waals surface area contributed by atoms with Gasteiger partial charge >= 0.3 is 0 Å². The second kappa shape index (κ2) is 7.20. The SMILES string of the molecule is C=C[C@H](OCCCC)C(F)(F)CN=[N+]=[N-]. The van der Waals surface area contributed by atoms with Crippen molar-refractivity contribution in [2.45, 2.75) is 31.8 Å². The first-order valence-corrected chi connectivity index (χ1v) is 4.71. The van der Waals surface area contributed by atoms with Crippen molar-refractivity contribution in [1.82, 2.24) is 0 Å². The molecule has 0 fully saturated rings. The Balaban J connectivity index is 4.22. The smallest absolute Gasteiger partial charge is 0.282 e. The van der Waals surface area contributed by atoms with Crippen LogP contribution >= 0.6 is 0 Å². The summed E-state index contributed by atoms with van der Waals surface area (Å²) in [4.78, 5) is 2.29. The molecule has 0 heterocycles. The normalized spacial score (nSPS) is 13.0. The van der Waals surface area contributed by atoms with Crippen LogP contribution in [0.2, 0.25) is 0 Å². The maximum Gasteiger partial charge on any atom is 0.282 e. The Kier molecular flexibility index (Phi) is 6.66. The van der Waals surface area contributed by atoms with E-state index in [2.05, 4.69) is 16.6 Å². The van der Waals surface area contributed by atoms with Crippen molar-refractivity contribution < 1.29 is 13.5 Å². The zero-order valence-corrected chi connectivity index (χ0v) is 8.70. The first kappa shape index (κ1) is 13.9. The van der Waals surface area contributed by atoms with E-state index in [1.165, 1.54) is 0 Å². The van der Waals surface area contributed by atoms with Gasteiger partial charge in [0.2, 0.25) is 0 Å².